The Morgan fingerprint density at radius 3 is 2.53 bits per heavy atom. The van der Waals surface area contributed by atoms with Gasteiger partial charge in [-0.15, -0.1) is 0 Å². The number of fused-ring (bicyclic) bond motifs is 1. The van der Waals surface area contributed by atoms with Crippen LogP contribution in [0.15, 0.2) is 36.5 Å². The van der Waals surface area contributed by atoms with Crippen molar-refractivity contribution in [2.75, 3.05) is 4.90 Å². The van der Waals surface area contributed by atoms with Gasteiger partial charge in [-0.25, -0.2) is 9.29 Å². The zero-order valence-corrected chi connectivity index (χ0v) is 8.61. The fourth-order valence-electron chi connectivity index (χ4n) is 1.91. The highest BCUT2D eigenvalue weighted by atomic mass is 19.1. The van der Waals surface area contributed by atoms with Crippen molar-refractivity contribution in [2.45, 2.75) is 0 Å². The number of hydrogen-bond donors (Lipinski definition) is 1. The predicted molar refractivity (Wildman–Crippen MR) is 59.9 cm³/mol. The molecular weight excluding hydrogens is 223 g/mol. The summed E-state index contributed by atoms with van der Waals surface area (Å²) < 4.78 is 13.0. The largest absolute Gasteiger partial charge is 0.359 e. The maximum atomic E-state index is 13.0. The van der Waals surface area contributed by atoms with Gasteiger partial charge >= 0.3 is 0 Å². The summed E-state index contributed by atoms with van der Waals surface area (Å²) in [6, 6.07) is 4.14. The van der Waals surface area contributed by atoms with Gasteiger partial charge in [-0.1, -0.05) is 0 Å². The minimum absolute atomic E-state index is 0.372. The second kappa shape index (κ2) is 3.28. The van der Waals surface area contributed by atoms with Crippen LogP contribution in [0.2, 0.25) is 0 Å². The fraction of sp³-hybridized carbons (Fsp3) is 0. The Labute approximate surface area is 95.3 Å². The Balaban J connectivity index is 2.19. The maximum absolute atomic E-state index is 13.0. The second-order valence-corrected chi connectivity index (χ2v) is 3.71. The van der Waals surface area contributed by atoms with Crippen LogP contribution in [0.25, 0.3) is 10.9 Å². The number of aromatic nitrogens is 1. The number of aromatic amines is 1. The molecule has 1 N–H and O–H groups in total. The van der Waals surface area contributed by atoms with Gasteiger partial charge in [-0.2, -0.15) is 0 Å². The normalized spacial score (nSPS) is 15.2. The lowest BCUT2D eigenvalue weighted by molar-refractivity contribution is -0.119. The van der Waals surface area contributed by atoms with Gasteiger partial charge in [0.1, 0.15) is 5.82 Å². The monoisotopic (exact) mass is 230 g/mol. The van der Waals surface area contributed by atoms with E-state index in [1.54, 1.807) is 0 Å². The van der Waals surface area contributed by atoms with Crippen molar-refractivity contribution >= 4 is 28.4 Å². The summed E-state index contributed by atoms with van der Waals surface area (Å²) in [4.78, 5) is 26.9. The van der Waals surface area contributed by atoms with E-state index >= 15 is 0 Å². The van der Waals surface area contributed by atoms with Crippen LogP contribution in [0, 0.1) is 5.82 Å². The minimum atomic E-state index is -0.389. The van der Waals surface area contributed by atoms with Gasteiger partial charge in [0.15, 0.2) is 0 Å². The summed E-state index contributed by atoms with van der Waals surface area (Å²) in [5.41, 5.74) is 0.993. The molecule has 3 rings (SSSR count). The minimum Gasteiger partial charge on any atom is -0.359 e. The first-order valence-electron chi connectivity index (χ1n) is 4.99. The van der Waals surface area contributed by atoms with Crippen molar-refractivity contribution in [2.24, 2.45) is 0 Å². The summed E-state index contributed by atoms with van der Waals surface area (Å²) in [5.74, 6) is -1.15. The molecule has 0 saturated carbocycles. The van der Waals surface area contributed by atoms with Gasteiger partial charge < -0.3 is 4.98 Å². The van der Waals surface area contributed by atoms with Gasteiger partial charge in [0, 0.05) is 23.7 Å². The SMILES string of the molecule is O=C1C=CC(=O)N1c1c[nH]c2cc(F)ccc12. The van der Waals surface area contributed by atoms with Gasteiger partial charge in [0.05, 0.1) is 11.2 Å². The summed E-state index contributed by atoms with van der Waals surface area (Å²) in [6.45, 7) is 0. The lowest BCUT2D eigenvalue weighted by atomic mass is 10.2. The molecule has 1 aliphatic rings. The standard InChI is InChI=1S/C12H7FN2O2/c13-7-1-2-8-9(5-7)14-6-10(8)15-11(16)3-4-12(15)17/h1-6,14H. The van der Waals surface area contributed by atoms with Crippen LogP contribution >= 0.6 is 0 Å². The second-order valence-electron chi connectivity index (χ2n) is 3.71. The molecule has 84 valence electrons. The molecule has 0 atom stereocenters. The number of carbonyl (C=O) groups excluding carboxylic acids is 2. The number of rotatable bonds is 1. The smallest absolute Gasteiger partial charge is 0.258 e. The average Bonchev–Trinajstić information content (AvgIpc) is 2.83. The maximum Gasteiger partial charge on any atom is 0.258 e. The van der Waals surface area contributed by atoms with E-state index in [1.807, 2.05) is 0 Å². The van der Waals surface area contributed by atoms with E-state index in [9.17, 15) is 14.0 Å². The molecule has 4 nitrogen and oxygen atoms in total. The molecule has 0 saturated heterocycles. The predicted octanol–water partition coefficient (Wildman–Crippen LogP) is 1.74. The van der Waals surface area contributed by atoms with E-state index in [4.69, 9.17) is 0 Å². The molecule has 0 aliphatic carbocycles. The van der Waals surface area contributed by atoms with Crippen LogP contribution in [0.4, 0.5) is 10.1 Å². The van der Waals surface area contributed by atoms with Crippen molar-refractivity contribution < 1.29 is 14.0 Å². The van der Waals surface area contributed by atoms with Crippen molar-refractivity contribution in [1.29, 1.82) is 0 Å². The average molecular weight is 230 g/mol. The number of amides is 2. The van der Waals surface area contributed by atoms with E-state index < -0.39 is 0 Å². The fourth-order valence-corrected chi connectivity index (χ4v) is 1.91. The molecule has 2 heterocycles. The Bertz CT molecular complexity index is 654. The molecular formula is C12H7FN2O2. The zero-order chi connectivity index (χ0) is 12.0. The first-order valence-corrected chi connectivity index (χ1v) is 4.99. The summed E-state index contributed by atoms with van der Waals surface area (Å²) in [6.07, 6.45) is 3.95. The number of nitrogens with one attached hydrogen (secondary N) is 1. The third kappa shape index (κ3) is 1.36. The number of imide groups is 1. The van der Waals surface area contributed by atoms with Crippen molar-refractivity contribution in [3.05, 3.63) is 42.4 Å². The zero-order valence-electron chi connectivity index (χ0n) is 8.61. The topological polar surface area (TPSA) is 53.2 Å². The molecule has 2 aromatic rings. The first kappa shape index (κ1) is 9.77. The molecule has 1 aliphatic heterocycles. The molecule has 0 unspecified atom stereocenters. The van der Waals surface area contributed by atoms with Crippen LogP contribution in [-0.2, 0) is 9.59 Å². The van der Waals surface area contributed by atoms with Crippen LogP contribution in [0.5, 0.6) is 0 Å². The van der Waals surface area contributed by atoms with E-state index in [0.29, 0.717) is 16.6 Å². The number of carbonyl (C=O) groups is 2. The Kier molecular flexibility index (Phi) is 1.89. The molecule has 0 spiro atoms. The molecule has 0 fully saturated rings. The van der Waals surface area contributed by atoms with Crippen molar-refractivity contribution in [1.82, 2.24) is 4.98 Å². The third-order valence-corrected chi connectivity index (χ3v) is 2.67. The van der Waals surface area contributed by atoms with Gasteiger partial charge in [-0.05, 0) is 18.2 Å². The molecule has 17 heavy (non-hydrogen) atoms. The number of nitrogens with zero attached hydrogens (tertiary/aromatic N) is 1. The number of anilines is 1. The molecule has 0 bridgehead atoms. The molecule has 1 aromatic heterocycles. The number of benzene rings is 1. The van der Waals surface area contributed by atoms with E-state index in [0.717, 1.165) is 4.90 Å². The van der Waals surface area contributed by atoms with Crippen LogP contribution in [0.3, 0.4) is 0 Å². The number of halogens is 1. The lowest BCUT2D eigenvalue weighted by Gasteiger charge is -2.11. The highest BCUT2D eigenvalue weighted by Crippen LogP contribution is 2.29. The highest BCUT2D eigenvalue weighted by molar-refractivity contribution is 6.30. The Morgan fingerprint density at radius 2 is 1.82 bits per heavy atom. The summed E-state index contributed by atoms with van der Waals surface area (Å²) in [5, 5.41) is 0.636. The number of H-pyrrole nitrogens is 1. The molecule has 2 amide bonds. The summed E-state index contributed by atoms with van der Waals surface area (Å²) in [7, 11) is 0. The van der Waals surface area contributed by atoms with E-state index in [1.165, 1.54) is 36.5 Å². The molecule has 0 radical (unpaired) electrons. The van der Waals surface area contributed by atoms with Crippen molar-refractivity contribution in [3.8, 4) is 0 Å². The number of hydrogen-bond acceptors (Lipinski definition) is 2. The Hall–Kier alpha value is -2.43. The quantitative estimate of drug-likeness (QED) is 0.758. The Morgan fingerprint density at radius 1 is 1.12 bits per heavy atom. The third-order valence-electron chi connectivity index (χ3n) is 2.67. The van der Waals surface area contributed by atoms with Gasteiger partial charge in [0.2, 0.25) is 0 Å². The molecule has 5 heteroatoms. The van der Waals surface area contributed by atoms with Crippen molar-refractivity contribution in [3.63, 3.8) is 0 Å². The van der Waals surface area contributed by atoms with Crippen LogP contribution in [-0.4, -0.2) is 16.8 Å². The first-order chi connectivity index (χ1) is 8.16. The van der Waals surface area contributed by atoms with Crippen LogP contribution < -0.4 is 4.90 Å². The van der Waals surface area contributed by atoms with E-state index in [-0.39, 0.29) is 17.6 Å². The van der Waals surface area contributed by atoms with Crippen LogP contribution in [0.1, 0.15) is 0 Å². The highest BCUT2D eigenvalue weighted by Gasteiger charge is 2.27. The van der Waals surface area contributed by atoms with E-state index in [2.05, 4.69) is 4.98 Å². The van der Waals surface area contributed by atoms with Gasteiger partial charge in [-0.3, -0.25) is 9.59 Å². The lowest BCUT2D eigenvalue weighted by Crippen LogP contribution is -2.29. The summed E-state index contributed by atoms with van der Waals surface area (Å²) >= 11 is 0. The van der Waals surface area contributed by atoms with Gasteiger partial charge in [0.25, 0.3) is 11.8 Å². The molecule has 1 aromatic carbocycles.